The van der Waals surface area contributed by atoms with Crippen molar-refractivity contribution in [3.8, 4) is 11.5 Å². The Bertz CT molecular complexity index is 718. The number of rotatable bonds is 6. The highest BCUT2D eigenvalue weighted by molar-refractivity contribution is 6.19. The van der Waals surface area contributed by atoms with E-state index in [1.54, 1.807) is 7.11 Å². The molecule has 5 nitrogen and oxygen atoms in total. The van der Waals surface area contributed by atoms with Crippen LogP contribution in [0, 0.1) is 5.41 Å². The van der Waals surface area contributed by atoms with Gasteiger partial charge in [-0.05, 0) is 63.9 Å². The fourth-order valence-electron chi connectivity index (χ4n) is 4.45. The minimum Gasteiger partial charge on any atom is -0.492 e. The van der Waals surface area contributed by atoms with Gasteiger partial charge in [0.25, 0.3) is 0 Å². The van der Waals surface area contributed by atoms with Gasteiger partial charge in [-0.3, -0.25) is 0 Å². The lowest BCUT2D eigenvalue weighted by Gasteiger charge is -2.47. The maximum Gasteiger partial charge on any atom is 0.338 e. The van der Waals surface area contributed by atoms with Crippen LogP contribution >= 0.6 is 0 Å². The highest BCUT2D eigenvalue weighted by Crippen LogP contribution is 2.43. The predicted octanol–water partition coefficient (Wildman–Crippen LogP) is 3.06. The minimum atomic E-state index is -0.238. The number of esters is 1. The number of ether oxygens (including phenoxy) is 3. The Hall–Kier alpha value is -2.01. The Morgan fingerprint density at radius 2 is 1.92 bits per heavy atom. The van der Waals surface area contributed by atoms with Crippen LogP contribution < -0.4 is 9.47 Å². The van der Waals surface area contributed by atoms with Crippen LogP contribution in [0.1, 0.15) is 37.3 Å². The van der Waals surface area contributed by atoms with E-state index < -0.39 is 0 Å². The van der Waals surface area contributed by atoms with Gasteiger partial charge in [0.2, 0.25) is 0 Å². The minimum absolute atomic E-state index is 0.184. The molecule has 1 aromatic rings. The number of hydrogen-bond donors (Lipinski definition) is 0. The van der Waals surface area contributed by atoms with Crippen LogP contribution in [0.25, 0.3) is 5.57 Å². The van der Waals surface area contributed by atoms with Gasteiger partial charge >= 0.3 is 5.97 Å². The second-order valence-electron chi connectivity index (χ2n) is 7.55. The topological polar surface area (TPSA) is 48.0 Å². The van der Waals surface area contributed by atoms with Crippen LogP contribution in [0.2, 0.25) is 0 Å². The zero-order chi connectivity index (χ0) is 18.1. The van der Waals surface area contributed by atoms with Gasteiger partial charge in [0, 0.05) is 11.0 Å². The molecule has 0 amide bonds. The molecule has 0 spiro atoms. The third-order valence-electron chi connectivity index (χ3n) is 6.11. The molecule has 26 heavy (non-hydrogen) atoms. The number of carbonyl (C=O) groups excluding carboxylic acids is 1. The number of benzene rings is 1. The fourth-order valence-corrected chi connectivity index (χ4v) is 4.45. The second-order valence-corrected chi connectivity index (χ2v) is 7.55. The van der Waals surface area contributed by atoms with Gasteiger partial charge in [-0.1, -0.05) is 12.1 Å². The van der Waals surface area contributed by atoms with Crippen molar-refractivity contribution < 1.29 is 19.0 Å². The fraction of sp³-hybridized carbons (Fsp3) is 0.571. The number of methoxy groups -OCH3 is 1. The molecule has 5 rings (SSSR count). The highest BCUT2D eigenvalue weighted by atomic mass is 16.5. The molecule has 4 aliphatic rings. The van der Waals surface area contributed by atoms with E-state index in [1.807, 2.05) is 25.1 Å². The van der Waals surface area contributed by atoms with E-state index >= 15 is 0 Å². The molecule has 0 N–H and O–H groups in total. The number of piperidine rings is 3. The Morgan fingerprint density at radius 1 is 1.19 bits per heavy atom. The number of allylic oxidation sites excluding steroid dienone is 1. The first-order chi connectivity index (χ1) is 12.7. The van der Waals surface area contributed by atoms with E-state index in [0.717, 1.165) is 56.4 Å². The van der Waals surface area contributed by atoms with Crippen LogP contribution in [0.3, 0.4) is 0 Å². The van der Waals surface area contributed by atoms with E-state index in [-0.39, 0.29) is 11.4 Å². The molecule has 3 aliphatic heterocycles. The molecule has 1 aliphatic carbocycles. The molecule has 3 fully saturated rings. The number of hydrogen-bond acceptors (Lipinski definition) is 5. The molecule has 0 radical (unpaired) electrons. The number of carbonyl (C=O) groups is 1. The molecular formula is C21H27NO4. The van der Waals surface area contributed by atoms with E-state index in [0.29, 0.717) is 30.3 Å². The molecule has 140 valence electrons. The molecule has 3 heterocycles. The Labute approximate surface area is 154 Å². The SMILES string of the molecule is CCOc1ccc2c(c1OC)C(C(=O)OCC13CCN(CC1)CC3)=CC2. The molecule has 0 saturated carbocycles. The molecule has 0 aromatic heterocycles. The predicted molar refractivity (Wildman–Crippen MR) is 99.5 cm³/mol. The lowest BCUT2D eigenvalue weighted by Crippen LogP contribution is -2.50. The summed E-state index contributed by atoms with van der Waals surface area (Å²) in [5, 5.41) is 0. The molecule has 2 bridgehead atoms. The largest absolute Gasteiger partial charge is 0.492 e. The Kier molecular flexibility index (Phi) is 4.65. The van der Waals surface area contributed by atoms with Crippen LogP contribution in [0.5, 0.6) is 11.5 Å². The van der Waals surface area contributed by atoms with E-state index in [1.165, 1.54) is 0 Å². The molecule has 1 aromatic carbocycles. The quantitative estimate of drug-likeness (QED) is 0.733. The van der Waals surface area contributed by atoms with Crippen LogP contribution in [-0.4, -0.2) is 50.8 Å². The maximum atomic E-state index is 12.9. The van der Waals surface area contributed by atoms with Gasteiger partial charge in [-0.15, -0.1) is 0 Å². The van der Waals surface area contributed by atoms with Crippen molar-refractivity contribution >= 4 is 11.5 Å². The number of fused-ring (bicyclic) bond motifs is 4. The summed E-state index contributed by atoms with van der Waals surface area (Å²) < 4.78 is 17.1. The van der Waals surface area contributed by atoms with Crippen molar-refractivity contribution in [2.24, 2.45) is 5.41 Å². The van der Waals surface area contributed by atoms with Crippen molar-refractivity contribution in [1.82, 2.24) is 4.90 Å². The van der Waals surface area contributed by atoms with E-state index in [9.17, 15) is 4.79 Å². The monoisotopic (exact) mass is 357 g/mol. The lowest BCUT2D eigenvalue weighted by atomic mass is 9.73. The molecule has 0 unspecified atom stereocenters. The summed E-state index contributed by atoms with van der Waals surface area (Å²) >= 11 is 0. The van der Waals surface area contributed by atoms with Crippen LogP contribution in [-0.2, 0) is 16.0 Å². The molecular weight excluding hydrogens is 330 g/mol. The first-order valence-corrected chi connectivity index (χ1v) is 9.58. The molecule has 3 saturated heterocycles. The molecule has 5 heteroatoms. The first kappa shape index (κ1) is 17.4. The van der Waals surface area contributed by atoms with Crippen molar-refractivity contribution in [1.29, 1.82) is 0 Å². The third kappa shape index (κ3) is 2.98. The summed E-state index contributed by atoms with van der Waals surface area (Å²) in [5.74, 6) is 1.07. The Balaban J connectivity index is 1.51. The summed E-state index contributed by atoms with van der Waals surface area (Å²) in [4.78, 5) is 15.4. The summed E-state index contributed by atoms with van der Waals surface area (Å²) in [6.45, 7) is 6.42. The van der Waals surface area contributed by atoms with Crippen molar-refractivity contribution in [2.75, 3.05) is 40.0 Å². The van der Waals surface area contributed by atoms with E-state index in [2.05, 4.69) is 4.90 Å². The van der Waals surface area contributed by atoms with Gasteiger partial charge in [-0.25, -0.2) is 4.79 Å². The van der Waals surface area contributed by atoms with Crippen molar-refractivity contribution in [3.63, 3.8) is 0 Å². The normalized spacial score (nSPS) is 26.2. The van der Waals surface area contributed by atoms with Crippen molar-refractivity contribution in [3.05, 3.63) is 29.3 Å². The highest BCUT2D eigenvalue weighted by Gasteiger charge is 2.40. The first-order valence-electron chi connectivity index (χ1n) is 9.58. The average Bonchev–Trinajstić information content (AvgIpc) is 3.12. The third-order valence-corrected chi connectivity index (χ3v) is 6.11. The van der Waals surface area contributed by atoms with Gasteiger partial charge in [0.15, 0.2) is 11.5 Å². The van der Waals surface area contributed by atoms with Crippen LogP contribution in [0.4, 0.5) is 0 Å². The summed E-state index contributed by atoms with van der Waals surface area (Å²) in [5.41, 5.74) is 2.72. The number of nitrogens with zero attached hydrogens (tertiary/aromatic N) is 1. The Morgan fingerprint density at radius 3 is 2.58 bits per heavy atom. The second kappa shape index (κ2) is 6.95. The van der Waals surface area contributed by atoms with Crippen LogP contribution in [0.15, 0.2) is 18.2 Å². The van der Waals surface area contributed by atoms with Gasteiger partial charge < -0.3 is 19.1 Å². The molecule has 0 atom stereocenters. The lowest BCUT2D eigenvalue weighted by molar-refractivity contribution is -0.143. The zero-order valence-corrected chi connectivity index (χ0v) is 15.7. The smallest absolute Gasteiger partial charge is 0.338 e. The summed E-state index contributed by atoms with van der Waals surface area (Å²) in [6, 6.07) is 3.92. The maximum absolute atomic E-state index is 12.9. The van der Waals surface area contributed by atoms with E-state index in [4.69, 9.17) is 14.2 Å². The van der Waals surface area contributed by atoms with Gasteiger partial charge in [-0.2, -0.15) is 0 Å². The summed E-state index contributed by atoms with van der Waals surface area (Å²) in [6.07, 6.45) is 6.07. The summed E-state index contributed by atoms with van der Waals surface area (Å²) in [7, 11) is 1.62. The van der Waals surface area contributed by atoms with Crippen molar-refractivity contribution in [2.45, 2.75) is 32.6 Å². The van der Waals surface area contributed by atoms with Gasteiger partial charge in [0.05, 0.1) is 25.9 Å². The van der Waals surface area contributed by atoms with Gasteiger partial charge in [0.1, 0.15) is 0 Å². The average molecular weight is 357 g/mol. The zero-order valence-electron chi connectivity index (χ0n) is 15.7. The standard InChI is InChI=1S/C21H27NO4/c1-3-25-17-7-5-15-4-6-16(18(15)19(17)24-2)20(23)26-14-21-8-11-22(12-9-21)13-10-21/h5-7H,3-4,8-14H2,1-2H3.